The van der Waals surface area contributed by atoms with Crippen molar-refractivity contribution in [3.05, 3.63) is 17.8 Å². The van der Waals surface area contributed by atoms with Crippen LogP contribution in [0.5, 0.6) is 0 Å². The van der Waals surface area contributed by atoms with Crippen molar-refractivity contribution < 1.29 is 4.21 Å². The molecule has 1 fully saturated rings. The van der Waals surface area contributed by atoms with Crippen molar-refractivity contribution in [2.45, 2.75) is 39.2 Å². The van der Waals surface area contributed by atoms with E-state index in [1.54, 1.807) is 6.26 Å². The number of nitrogens with zero attached hydrogens (tertiary/aromatic N) is 3. The van der Waals surface area contributed by atoms with Gasteiger partial charge in [0.1, 0.15) is 5.82 Å². The number of nitrogens with one attached hydrogen (secondary N) is 1. The lowest BCUT2D eigenvalue weighted by Crippen LogP contribution is -2.40. The van der Waals surface area contributed by atoms with Crippen LogP contribution in [0.4, 0.5) is 5.82 Å². The summed E-state index contributed by atoms with van der Waals surface area (Å²) in [6.07, 6.45) is 5.29. The zero-order valence-electron chi connectivity index (χ0n) is 13.9. The fourth-order valence-electron chi connectivity index (χ4n) is 2.91. The van der Waals surface area contributed by atoms with Gasteiger partial charge in [0.2, 0.25) is 0 Å². The van der Waals surface area contributed by atoms with Gasteiger partial charge in [0, 0.05) is 41.9 Å². The molecule has 0 aliphatic carbocycles. The van der Waals surface area contributed by atoms with E-state index in [0.717, 1.165) is 17.9 Å². The number of aromatic nitrogens is 2. The minimum absolute atomic E-state index is 0.629. The van der Waals surface area contributed by atoms with Crippen molar-refractivity contribution in [2.24, 2.45) is 5.92 Å². The summed E-state index contributed by atoms with van der Waals surface area (Å²) in [4.78, 5) is 2.56. The molecule has 1 aromatic heterocycles. The van der Waals surface area contributed by atoms with Gasteiger partial charge in [0.15, 0.2) is 0 Å². The monoisotopic (exact) mass is 324 g/mol. The van der Waals surface area contributed by atoms with Crippen LogP contribution in [0.2, 0.25) is 0 Å². The van der Waals surface area contributed by atoms with Crippen LogP contribution < -0.4 is 5.32 Å². The second-order valence-electron chi connectivity index (χ2n) is 6.42. The maximum atomic E-state index is 11.0. The minimum Gasteiger partial charge on any atom is -0.368 e. The SMILES string of the molecule is CC(C)N1CCC[C@H](Cc2ccc(NCC[S@](C)=O)nn2)C1. The summed E-state index contributed by atoms with van der Waals surface area (Å²) in [6.45, 7) is 7.60. The molecule has 22 heavy (non-hydrogen) atoms. The Morgan fingerprint density at radius 1 is 1.41 bits per heavy atom. The summed E-state index contributed by atoms with van der Waals surface area (Å²) in [5.41, 5.74) is 1.07. The molecule has 1 aromatic rings. The molecule has 2 atom stereocenters. The van der Waals surface area contributed by atoms with E-state index >= 15 is 0 Å². The van der Waals surface area contributed by atoms with Crippen molar-refractivity contribution >= 4 is 16.6 Å². The molecule has 6 heteroatoms. The average molecular weight is 324 g/mol. The smallest absolute Gasteiger partial charge is 0.148 e. The van der Waals surface area contributed by atoms with Crippen molar-refractivity contribution in [2.75, 3.05) is 37.0 Å². The topological polar surface area (TPSA) is 58.1 Å². The second-order valence-corrected chi connectivity index (χ2v) is 7.97. The molecule has 0 saturated carbocycles. The second kappa shape index (κ2) is 8.58. The van der Waals surface area contributed by atoms with Crippen LogP contribution in [-0.2, 0) is 17.2 Å². The molecule has 0 spiro atoms. The molecule has 0 aromatic carbocycles. The first-order valence-electron chi connectivity index (χ1n) is 8.15. The summed E-state index contributed by atoms with van der Waals surface area (Å²) >= 11 is 0. The predicted octanol–water partition coefficient (Wildman–Crippen LogP) is 1.93. The van der Waals surface area contributed by atoms with Gasteiger partial charge in [-0.25, -0.2) is 0 Å². The molecule has 2 rings (SSSR count). The molecule has 0 bridgehead atoms. The Labute approximate surface area is 136 Å². The Balaban J connectivity index is 1.81. The first-order chi connectivity index (χ1) is 10.5. The quantitative estimate of drug-likeness (QED) is 0.830. The maximum Gasteiger partial charge on any atom is 0.148 e. The van der Waals surface area contributed by atoms with Crippen molar-refractivity contribution in [3.8, 4) is 0 Å². The van der Waals surface area contributed by atoms with E-state index in [1.165, 1.54) is 25.9 Å². The molecule has 0 radical (unpaired) electrons. The van der Waals surface area contributed by atoms with Crippen LogP contribution in [0.3, 0.4) is 0 Å². The summed E-state index contributed by atoms with van der Waals surface area (Å²) < 4.78 is 11.0. The van der Waals surface area contributed by atoms with Crippen LogP contribution >= 0.6 is 0 Å². The van der Waals surface area contributed by atoms with Crippen LogP contribution in [-0.4, -0.2) is 57.0 Å². The summed E-state index contributed by atoms with van der Waals surface area (Å²) in [5, 5.41) is 11.7. The van der Waals surface area contributed by atoms with Gasteiger partial charge in [0.05, 0.1) is 5.69 Å². The molecule has 1 aliphatic heterocycles. The van der Waals surface area contributed by atoms with Crippen LogP contribution in [0.1, 0.15) is 32.4 Å². The fraction of sp³-hybridized carbons (Fsp3) is 0.750. The Kier molecular flexibility index (Phi) is 6.76. The van der Waals surface area contributed by atoms with Gasteiger partial charge in [-0.15, -0.1) is 5.10 Å². The lowest BCUT2D eigenvalue weighted by atomic mass is 9.92. The van der Waals surface area contributed by atoms with E-state index in [4.69, 9.17) is 0 Å². The zero-order chi connectivity index (χ0) is 15.9. The molecular formula is C16H28N4OS. The van der Waals surface area contributed by atoms with E-state index in [2.05, 4.69) is 40.3 Å². The summed E-state index contributed by atoms with van der Waals surface area (Å²) in [6, 6.07) is 4.67. The van der Waals surface area contributed by atoms with Crippen LogP contribution in [0.15, 0.2) is 12.1 Å². The maximum absolute atomic E-state index is 11.0. The largest absolute Gasteiger partial charge is 0.368 e. The minimum atomic E-state index is -0.771. The van der Waals surface area contributed by atoms with E-state index in [0.29, 0.717) is 24.3 Å². The zero-order valence-corrected chi connectivity index (χ0v) is 14.7. The first-order valence-corrected chi connectivity index (χ1v) is 9.88. The van der Waals surface area contributed by atoms with Gasteiger partial charge in [-0.2, -0.15) is 5.10 Å². The number of rotatable bonds is 7. The fourth-order valence-corrected chi connectivity index (χ4v) is 3.30. The summed E-state index contributed by atoms with van der Waals surface area (Å²) in [5.74, 6) is 2.09. The molecule has 2 heterocycles. The van der Waals surface area contributed by atoms with Crippen molar-refractivity contribution in [3.63, 3.8) is 0 Å². The third-order valence-electron chi connectivity index (χ3n) is 4.19. The number of hydrogen-bond acceptors (Lipinski definition) is 5. The van der Waals surface area contributed by atoms with E-state index in [9.17, 15) is 4.21 Å². The van der Waals surface area contributed by atoms with Gasteiger partial charge in [-0.1, -0.05) is 0 Å². The lowest BCUT2D eigenvalue weighted by molar-refractivity contribution is 0.139. The third kappa shape index (κ3) is 5.65. The molecule has 1 saturated heterocycles. The number of anilines is 1. The Hall–Kier alpha value is -1.01. The third-order valence-corrected chi connectivity index (χ3v) is 4.97. The van der Waals surface area contributed by atoms with Crippen molar-refractivity contribution in [1.29, 1.82) is 0 Å². The number of hydrogen-bond donors (Lipinski definition) is 1. The predicted molar refractivity (Wildman–Crippen MR) is 92.6 cm³/mol. The highest BCUT2D eigenvalue weighted by atomic mass is 32.2. The highest BCUT2D eigenvalue weighted by Crippen LogP contribution is 2.21. The van der Waals surface area contributed by atoms with Crippen molar-refractivity contribution in [1.82, 2.24) is 15.1 Å². The van der Waals surface area contributed by atoms with Gasteiger partial charge in [0.25, 0.3) is 0 Å². The standard InChI is InChI=1S/C16H28N4OS/c1-13(2)20-9-4-5-14(12-20)11-15-6-7-16(19-18-15)17-8-10-22(3)21/h6-7,13-14H,4-5,8-12H2,1-3H3,(H,17,19)/t14-,22+/m1/s1. The van der Waals surface area contributed by atoms with E-state index < -0.39 is 10.8 Å². The van der Waals surface area contributed by atoms with Gasteiger partial charge < -0.3 is 10.2 Å². The van der Waals surface area contributed by atoms with Crippen LogP contribution in [0, 0.1) is 5.92 Å². The Bertz CT molecular complexity index is 478. The van der Waals surface area contributed by atoms with E-state index in [-0.39, 0.29) is 0 Å². The van der Waals surface area contributed by atoms with E-state index in [1.807, 2.05) is 6.07 Å². The first kappa shape index (κ1) is 17.3. The lowest BCUT2D eigenvalue weighted by Gasteiger charge is -2.35. The number of piperidine rings is 1. The molecule has 0 unspecified atom stereocenters. The number of likely N-dealkylation sites (tertiary alicyclic amines) is 1. The summed E-state index contributed by atoms with van der Waals surface area (Å²) in [7, 11) is -0.771. The highest BCUT2D eigenvalue weighted by molar-refractivity contribution is 7.84. The molecule has 1 N–H and O–H groups in total. The molecule has 5 nitrogen and oxygen atoms in total. The molecule has 0 amide bonds. The van der Waals surface area contributed by atoms with Gasteiger partial charge in [-0.05, 0) is 57.7 Å². The van der Waals surface area contributed by atoms with Gasteiger partial charge in [-0.3, -0.25) is 4.21 Å². The average Bonchev–Trinajstić information content (AvgIpc) is 2.49. The normalized spacial score (nSPS) is 21.0. The Morgan fingerprint density at radius 2 is 2.23 bits per heavy atom. The molecule has 1 aliphatic rings. The molecule has 124 valence electrons. The van der Waals surface area contributed by atoms with Crippen LogP contribution in [0.25, 0.3) is 0 Å². The molecular weight excluding hydrogens is 296 g/mol. The highest BCUT2D eigenvalue weighted by Gasteiger charge is 2.22. The Morgan fingerprint density at radius 3 is 2.86 bits per heavy atom. The van der Waals surface area contributed by atoms with Gasteiger partial charge >= 0.3 is 0 Å².